The van der Waals surface area contributed by atoms with Crippen molar-refractivity contribution in [1.29, 1.82) is 0 Å². The van der Waals surface area contributed by atoms with Crippen LogP contribution in [0.5, 0.6) is 5.75 Å². The number of methoxy groups -OCH3 is 1. The lowest BCUT2D eigenvalue weighted by Crippen LogP contribution is -2.27. The van der Waals surface area contributed by atoms with E-state index in [1.54, 1.807) is 7.11 Å². The molecule has 0 saturated heterocycles. The van der Waals surface area contributed by atoms with E-state index in [4.69, 9.17) is 14.1 Å². The molecule has 1 heterocycles. The van der Waals surface area contributed by atoms with Crippen molar-refractivity contribution in [1.82, 2.24) is 4.98 Å². The molecule has 2 rings (SSSR count). The summed E-state index contributed by atoms with van der Waals surface area (Å²) in [6.45, 7) is 20.9. The fourth-order valence-electron chi connectivity index (χ4n) is 3.61. The molecule has 0 saturated carbocycles. The summed E-state index contributed by atoms with van der Waals surface area (Å²) >= 11 is 0. The van der Waals surface area contributed by atoms with Gasteiger partial charge in [0.2, 0.25) is 0 Å². The maximum Gasteiger partial charge on any atom is 0.171 e. The largest absolute Gasteiger partial charge is 0.496 e. The number of anilines is 1. The molecule has 0 fully saturated rings. The molecule has 4 nitrogen and oxygen atoms in total. The number of aryl methyl sites for hydroxylation is 1. The van der Waals surface area contributed by atoms with E-state index in [0.717, 1.165) is 35.8 Å². The van der Waals surface area contributed by atoms with Crippen LogP contribution in [-0.2, 0) is 10.8 Å². The standard InChI is InChI=1S/C26H42N2O2Si/c1-11-18-15-20(21-13-12-14-23(28-21)27-17-25(2,3)4)22(29-8)16-19(18)24(26(5,6)7)30-31(9)10/h12-16,24,31H,11,17H2,1-10H3,(H,27,28). The van der Waals surface area contributed by atoms with Crippen molar-refractivity contribution in [2.24, 2.45) is 10.8 Å². The highest BCUT2D eigenvalue weighted by Gasteiger charge is 2.30. The zero-order valence-corrected chi connectivity index (χ0v) is 22.4. The second-order valence-corrected chi connectivity index (χ2v) is 13.2. The van der Waals surface area contributed by atoms with Gasteiger partial charge in [0.1, 0.15) is 11.6 Å². The molecule has 0 aliphatic heterocycles. The smallest absolute Gasteiger partial charge is 0.171 e. The number of hydrogen-bond donors (Lipinski definition) is 1. The van der Waals surface area contributed by atoms with Gasteiger partial charge in [-0.15, -0.1) is 0 Å². The average Bonchev–Trinajstić information content (AvgIpc) is 2.68. The van der Waals surface area contributed by atoms with Crippen LogP contribution in [0.15, 0.2) is 30.3 Å². The molecule has 5 heteroatoms. The minimum Gasteiger partial charge on any atom is -0.496 e. The van der Waals surface area contributed by atoms with E-state index in [9.17, 15) is 0 Å². The second kappa shape index (κ2) is 10.2. The van der Waals surface area contributed by atoms with Crippen LogP contribution in [0.1, 0.15) is 65.7 Å². The predicted molar refractivity (Wildman–Crippen MR) is 136 cm³/mol. The molecular weight excluding hydrogens is 400 g/mol. The van der Waals surface area contributed by atoms with E-state index in [2.05, 4.69) is 91.1 Å². The summed E-state index contributed by atoms with van der Waals surface area (Å²) in [6.07, 6.45) is 0.981. The van der Waals surface area contributed by atoms with Crippen LogP contribution in [0.3, 0.4) is 0 Å². The third-order valence-electron chi connectivity index (χ3n) is 5.14. The van der Waals surface area contributed by atoms with Gasteiger partial charge in [-0.1, -0.05) is 54.5 Å². The first-order valence-corrected chi connectivity index (χ1v) is 14.2. The molecule has 1 aromatic carbocycles. The number of nitrogens with zero attached hydrogens (tertiary/aromatic N) is 1. The first kappa shape index (κ1) is 25.4. The fraction of sp³-hybridized carbons (Fsp3) is 0.577. The number of hydrogen-bond acceptors (Lipinski definition) is 4. The highest BCUT2D eigenvalue weighted by molar-refractivity contribution is 6.48. The molecule has 31 heavy (non-hydrogen) atoms. The SMILES string of the molecule is CCc1cc(-c2cccc(NCC(C)(C)C)n2)c(OC)cc1C(O[SiH](C)C)C(C)(C)C. The Labute approximate surface area is 191 Å². The third-order valence-corrected chi connectivity index (χ3v) is 5.96. The first-order valence-electron chi connectivity index (χ1n) is 11.4. The molecule has 0 bridgehead atoms. The summed E-state index contributed by atoms with van der Waals surface area (Å²) in [4.78, 5) is 4.89. The van der Waals surface area contributed by atoms with Gasteiger partial charge in [0.05, 0.1) is 18.9 Å². The number of rotatable bonds is 8. The Hall–Kier alpha value is -1.85. The molecule has 0 radical (unpaired) electrons. The van der Waals surface area contributed by atoms with Crippen LogP contribution in [0.2, 0.25) is 13.1 Å². The predicted octanol–water partition coefficient (Wildman–Crippen LogP) is 6.86. The normalized spacial score (nSPS) is 13.4. The minimum absolute atomic E-state index is 0.00274. The van der Waals surface area contributed by atoms with E-state index in [0.29, 0.717) is 0 Å². The molecule has 1 N–H and O–H groups in total. The quantitative estimate of drug-likeness (QED) is 0.453. The molecule has 0 aliphatic carbocycles. The minimum atomic E-state index is -1.22. The van der Waals surface area contributed by atoms with Gasteiger partial charge in [0.25, 0.3) is 0 Å². The van der Waals surface area contributed by atoms with Crippen molar-refractivity contribution in [2.45, 2.75) is 74.1 Å². The molecule has 2 aromatic rings. The summed E-state index contributed by atoms with van der Waals surface area (Å²) in [7, 11) is 0.520. The fourth-order valence-corrected chi connectivity index (χ4v) is 4.71. The van der Waals surface area contributed by atoms with Crippen molar-refractivity contribution < 1.29 is 9.16 Å². The van der Waals surface area contributed by atoms with E-state index in [1.165, 1.54) is 11.1 Å². The van der Waals surface area contributed by atoms with Crippen LogP contribution in [-0.4, -0.2) is 27.7 Å². The van der Waals surface area contributed by atoms with Crippen LogP contribution < -0.4 is 10.1 Å². The van der Waals surface area contributed by atoms with Gasteiger partial charge in [-0.25, -0.2) is 4.98 Å². The lowest BCUT2D eigenvalue weighted by Gasteiger charge is -2.34. The van der Waals surface area contributed by atoms with Gasteiger partial charge in [0, 0.05) is 12.1 Å². The van der Waals surface area contributed by atoms with Gasteiger partial charge in [-0.05, 0) is 65.7 Å². The van der Waals surface area contributed by atoms with Crippen molar-refractivity contribution in [2.75, 3.05) is 19.0 Å². The number of aromatic nitrogens is 1. The molecular formula is C26H42N2O2Si. The monoisotopic (exact) mass is 442 g/mol. The molecule has 1 aromatic heterocycles. The molecule has 0 aliphatic rings. The number of ether oxygens (including phenoxy) is 1. The Kier molecular flexibility index (Phi) is 8.34. The van der Waals surface area contributed by atoms with Crippen LogP contribution in [0, 0.1) is 10.8 Å². The molecule has 1 atom stereocenters. The second-order valence-electron chi connectivity index (χ2n) is 10.9. The summed E-state index contributed by atoms with van der Waals surface area (Å²) in [6, 6.07) is 10.6. The van der Waals surface area contributed by atoms with Crippen LogP contribution in [0.25, 0.3) is 11.3 Å². The topological polar surface area (TPSA) is 43.4 Å². The van der Waals surface area contributed by atoms with Gasteiger partial charge in [-0.3, -0.25) is 0 Å². The Bertz CT molecular complexity index is 867. The lowest BCUT2D eigenvalue weighted by molar-refractivity contribution is 0.0856. The van der Waals surface area contributed by atoms with Crippen molar-refractivity contribution in [3.8, 4) is 17.0 Å². The van der Waals surface area contributed by atoms with Crippen molar-refractivity contribution in [3.05, 3.63) is 41.5 Å². The van der Waals surface area contributed by atoms with Crippen molar-refractivity contribution in [3.63, 3.8) is 0 Å². The molecule has 0 spiro atoms. The summed E-state index contributed by atoms with van der Waals surface area (Å²) in [5.41, 5.74) is 4.66. The molecule has 172 valence electrons. The lowest BCUT2D eigenvalue weighted by atomic mass is 9.82. The Balaban J connectivity index is 2.54. The van der Waals surface area contributed by atoms with E-state index >= 15 is 0 Å². The summed E-state index contributed by atoms with van der Waals surface area (Å²) < 4.78 is 12.4. The van der Waals surface area contributed by atoms with E-state index in [-0.39, 0.29) is 16.9 Å². The Morgan fingerprint density at radius 2 is 1.74 bits per heavy atom. The summed E-state index contributed by atoms with van der Waals surface area (Å²) in [5, 5.41) is 3.46. The highest BCUT2D eigenvalue weighted by atomic mass is 28.3. The van der Waals surface area contributed by atoms with Gasteiger partial charge in [0.15, 0.2) is 9.04 Å². The average molecular weight is 443 g/mol. The van der Waals surface area contributed by atoms with E-state index < -0.39 is 9.04 Å². The van der Waals surface area contributed by atoms with E-state index in [1.807, 2.05) is 6.07 Å². The number of nitrogens with one attached hydrogen (secondary N) is 1. The number of benzene rings is 1. The van der Waals surface area contributed by atoms with Gasteiger partial charge >= 0.3 is 0 Å². The van der Waals surface area contributed by atoms with Gasteiger partial charge in [-0.2, -0.15) is 0 Å². The van der Waals surface area contributed by atoms with Crippen molar-refractivity contribution >= 4 is 14.9 Å². The number of pyridine rings is 1. The van der Waals surface area contributed by atoms with Crippen LogP contribution in [0.4, 0.5) is 5.82 Å². The Morgan fingerprint density at radius 1 is 1.06 bits per heavy atom. The molecule has 0 amide bonds. The zero-order chi connectivity index (χ0) is 23.4. The third kappa shape index (κ3) is 7.08. The highest BCUT2D eigenvalue weighted by Crippen LogP contribution is 2.42. The first-order chi connectivity index (χ1) is 14.4. The zero-order valence-electron chi connectivity index (χ0n) is 21.2. The summed E-state index contributed by atoms with van der Waals surface area (Å²) in [5.74, 6) is 1.73. The maximum atomic E-state index is 6.53. The van der Waals surface area contributed by atoms with Crippen LogP contribution >= 0.6 is 0 Å². The van der Waals surface area contributed by atoms with Gasteiger partial charge < -0.3 is 14.5 Å². The molecule has 1 unspecified atom stereocenters. The maximum absolute atomic E-state index is 6.53. The Morgan fingerprint density at radius 3 is 2.26 bits per heavy atom.